The lowest BCUT2D eigenvalue weighted by Crippen LogP contribution is -2.45. The van der Waals surface area contributed by atoms with Gasteiger partial charge in [-0.15, -0.1) is 0 Å². The molecule has 2 aromatic rings. The molecule has 1 heterocycles. The molecule has 0 unspecified atom stereocenters. The quantitative estimate of drug-likeness (QED) is 0.700. The lowest BCUT2D eigenvalue weighted by Gasteiger charge is -2.25. The Morgan fingerprint density at radius 3 is 2.45 bits per heavy atom. The summed E-state index contributed by atoms with van der Waals surface area (Å²) in [4.78, 5) is 38.4. The van der Waals surface area contributed by atoms with Gasteiger partial charge in [0.05, 0.1) is 0 Å². The van der Waals surface area contributed by atoms with Crippen molar-refractivity contribution in [3.63, 3.8) is 0 Å². The minimum absolute atomic E-state index is 0.167. The summed E-state index contributed by atoms with van der Waals surface area (Å²) in [5, 5.41) is 5.22. The predicted molar refractivity (Wildman–Crippen MR) is 102 cm³/mol. The van der Waals surface area contributed by atoms with Crippen LogP contribution in [0.5, 0.6) is 0 Å². The van der Waals surface area contributed by atoms with Gasteiger partial charge in [0.25, 0.3) is 5.91 Å². The van der Waals surface area contributed by atoms with Gasteiger partial charge in [-0.2, -0.15) is 0 Å². The molecule has 29 heavy (non-hydrogen) atoms. The Hall–Kier alpha value is -3.29. The van der Waals surface area contributed by atoms with Crippen LogP contribution in [0.2, 0.25) is 0 Å². The first-order valence-electron chi connectivity index (χ1n) is 9.27. The highest BCUT2D eigenvalue weighted by molar-refractivity contribution is 6.09. The lowest BCUT2D eigenvalue weighted by molar-refractivity contribution is -0.135. The Bertz CT molecular complexity index is 933. The van der Waals surface area contributed by atoms with Crippen molar-refractivity contribution in [3.8, 4) is 0 Å². The molecule has 0 bridgehead atoms. The first kappa shape index (κ1) is 20.4. The number of hydrogen-bond donors (Lipinski definition) is 2. The maximum Gasteiger partial charge on any atom is 0.325 e. The van der Waals surface area contributed by atoms with Crippen LogP contribution in [0.4, 0.5) is 13.6 Å². The molecule has 0 saturated carbocycles. The summed E-state index contributed by atoms with van der Waals surface area (Å²) >= 11 is 0. The van der Waals surface area contributed by atoms with Crippen molar-refractivity contribution >= 4 is 17.8 Å². The molecular weight excluding hydrogens is 380 g/mol. The molecule has 3 rings (SSSR count). The maximum atomic E-state index is 13.6. The minimum Gasteiger partial charge on any atom is -0.354 e. The highest BCUT2D eigenvalue weighted by atomic mass is 19.1. The van der Waals surface area contributed by atoms with Gasteiger partial charge in [-0.05, 0) is 42.2 Å². The molecule has 1 atom stereocenters. The van der Waals surface area contributed by atoms with Crippen molar-refractivity contribution < 1.29 is 23.2 Å². The van der Waals surface area contributed by atoms with Crippen LogP contribution >= 0.6 is 0 Å². The van der Waals surface area contributed by atoms with Crippen LogP contribution in [-0.2, 0) is 21.5 Å². The van der Waals surface area contributed by atoms with E-state index in [1.165, 1.54) is 30.3 Å². The van der Waals surface area contributed by atoms with Crippen LogP contribution in [0.3, 0.4) is 0 Å². The van der Waals surface area contributed by atoms with Gasteiger partial charge < -0.3 is 10.6 Å². The highest BCUT2D eigenvalue weighted by Crippen LogP contribution is 2.32. The van der Waals surface area contributed by atoms with E-state index in [4.69, 9.17) is 0 Å². The summed E-state index contributed by atoms with van der Waals surface area (Å²) in [6.45, 7) is 1.44. The van der Waals surface area contributed by atoms with E-state index in [2.05, 4.69) is 10.6 Å². The third kappa shape index (κ3) is 4.11. The third-order valence-corrected chi connectivity index (χ3v) is 5.02. The first-order chi connectivity index (χ1) is 13.9. The number of rotatable bonds is 7. The fourth-order valence-electron chi connectivity index (χ4n) is 3.38. The van der Waals surface area contributed by atoms with E-state index in [0.29, 0.717) is 11.1 Å². The molecule has 1 fully saturated rings. The van der Waals surface area contributed by atoms with Crippen LogP contribution in [0.15, 0.2) is 48.5 Å². The summed E-state index contributed by atoms with van der Waals surface area (Å²) < 4.78 is 26.8. The van der Waals surface area contributed by atoms with Crippen molar-refractivity contribution in [2.24, 2.45) is 0 Å². The zero-order valence-electron chi connectivity index (χ0n) is 15.9. The summed E-state index contributed by atoms with van der Waals surface area (Å²) in [5.74, 6) is -1.91. The number of carbonyl (C=O) groups excluding carboxylic acids is 3. The highest BCUT2D eigenvalue weighted by Gasteiger charge is 2.51. The molecule has 1 aliphatic rings. The molecular formula is C21H21F2N3O3. The molecule has 0 radical (unpaired) electrons. The second kappa shape index (κ2) is 8.38. The summed E-state index contributed by atoms with van der Waals surface area (Å²) in [5.41, 5.74) is -0.426. The molecule has 1 saturated heterocycles. The summed E-state index contributed by atoms with van der Waals surface area (Å²) in [7, 11) is 0. The predicted octanol–water partition coefficient (Wildman–Crippen LogP) is 2.48. The van der Waals surface area contributed by atoms with Crippen LogP contribution in [0.1, 0.15) is 24.5 Å². The zero-order valence-corrected chi connectivity index (χ0v) is 15.9. The summed E-state index contributed by atoms with van der Waals surface area (Å²) in [6, 6.07) is 10.9. The molecule has 4 amide bonds. The fraction of sp³-hybridized carbons (Fsp3) is 0.286. The Morgan fingerprint density at radius 2 is 1.79 bits per heavy atom. The number of amides is 4. The first-order valence-corrected chi connectivity index (χ1v) is 9.27. The topological polar surface area (TPSA) is 78.5 Å². The number of imide groups is 1. The largest absolute Gasteiger partial charge is 0.354 e. The van der Waals surface area contributed by atoms with Crippen molar-refractivity contribution in [3.05, 3.63) is 71.3 Å². The van der Waals surface area contributed by atoms with E-state index < -0.39 is 35.7 Å². The average molecular weight is 401 g/mol. The van der Waals surface area contributed by atoms with E-state index in [1.807, 2.05) is 0 Å². The number of benzene rings is 2. The van der Waals surface area contributed by atoms with Crippen LogP contribution in [-0.4, -0.2) is 35.8 Å². The van der Waals surface area contributed by atoms with Gasteiger partial charge in [-0.1, -0.05) is 37.3 Å². The van der Waals surface area contributed by atoms with E-state index in [0.717, 1.165) is 4.90 Å². The number of hydrogen-bond acceptors (Lipinski definition) is 3. The van der Waals surface area contributed by atoms with Gasteiger partial charge in [-0.25, -0.2) is 13.6 Å². The Labute approximate surface area is 166 Å². The Morgan fingerprint density at radius 1 is 1.10 bits per heavy atom. The zero-order chi connectivity index (χ0) is 21.0. The van der Waals surface area contributed by atoms with Gasteiger partial charge in [0.15, 0.2) is 0 Å². The normalized spacial score (nSPS) is 18.7. The van der Waals surface area contributed by atoms with Crippen molar-refractivity contribution in [1.29, 1.82) is 0 Å². The molecule has 1 aliphatic heterocycles. The second-order valence-corrected chi connectivity index (χ2v) is 6.78. The fourth-order valence-corrected chi connectivity index (χ4v) is 3.38. The van der Waals surface area contributed by atoms with Crippen molar-refractivity contribution in [2.75, 3.05) is 13.1 Å². The van der Waals surface area contributed by atoms with E-state index >= 15 is 0 Å². The van der Waals surface area contributed by atoms with E-state index in [-0.39, 0.29) is 25.2 Å². The molecule has 8 heteroatoms. The molecule has 2 N–H and O–H groups in total. The molecule has 6 nitrogen and oxygen atoms in total. The van der Waals surface area contributed by atoms with Gasteiger partial charge in [0, 0.05) is 6.54 Å². The second-order valence-electron chi connectivity index (χ2n) is 6.78. The molecule has 0 aliphatic carbocycles. The van der Waals surface area contributed by atoms with Gasteiger partial charge >= 0.3 is 6.03 Å². The average Bonchev–Trinajstić information content (AvgIpc) is 2.95. The number of nitrogens with zero attached hydrogens (tertiary/aromatic N) is 1. The SMILES string of the molecule is CC[C@]1(c2ccc(F)cc2)NC(=O)N(CC(=O)NCCc2ccccc2F)C1=O. The lowest BCUT2D eigenvalue weighted by atomic mass is 9.87. The Kier molecular flexibility index (Phi) is 5.91. The van der Waals surface area contributed by atoms with E-state index in [9.17, 15) is 23.2 Å². The standard InChI is InChI=1S/C21H21F2N3O3/c1-2-21(15-7-9-16(22)10-8-15)19(28)26(20(29)25-21)13-18(27)24-12-11-14-5-3-4-6-17(14)23/h3-10H,2,11-13H2,1H3,(H,24,27)(H,25,29)/t21-/m1/s1. The van der Waals surface area contributed by atoms with Gasteiger partial charge in [-0.3, -0.25) is 14.5 Å². The van der Waals surface area contributed by atoms with Gasteiger partial charge in [0.1, 0.15) is 23.7 Å². The molecule has 2 aromatic carbocycles. The maximum absolute atomic E-state index is 13.6. The number of halogens is 2. The molecule has 152 valence electrons. The van der Waals surface area contributed by atoms with Crippen LogP contribution in [0, 0.1) is 11.6 Å². The number of nitrogens with one attached hydrogen (secondary N) is 2. The monoisotopic (exact) mass is 401 g/mol. The number of carbonyl (C=O) groups is 3. The molecule has 0 spiro atoms. The third-order valence-electron chi connectivity index (χ3n) is 5.02. The van der Waals surface area contributed by atoms with Crippen molar-refractivity contribution in [1.82, 2.24) is 15.5 Å². The minimum atomic E-state index is -1.34. The smallest absolute Gasteiger partial charge is 0.325 e. The van der Waals surface area contributed by atoms with Crippen LogP contribution < -0.4 is 10.6 Å². The summed E-state index contributed by atoms with van der Waals surface area (Å²) in [6.07, 6.45) is 0.529. The van der Waals surface area contributed by atoms with Gasteiger partial charge in [0.2, 0.25) is 5.91 Å². The van der Waals surface area contributed by atoms with Crippen molar-refractivity contribution in [2.45, 2.75) is 25.3 Å². The molecule has 0 aromatic heterocycles. The van der Waals surface area contributed by atoms with E-state index in [1.54, 1.807) is 25.1 Å². The Balaban J connectivity index is 1.64. The number of urea groups is 1. The van der Waals surface area contributed by atoms with Crippen LogP contribution in [0.25, 0.3) is 0 Å².